The van der Waals surface area contributed by atoms with Crippen molar-refractivity contribution < 1.29 is 0 Å². The van der Waals surface area contributed by atoms with Crippen molar-refractivity contribution in [2.45, 2.75) is 65.2 Å². The second kappa shape index (κ2) is 16.0. The maximum absolute atomic E-state index is 2.31. The average molecular weight is 246 g/mol. The van der Waals surface area contributed by atoms with Gasteiger partial charge in [-0.1, -0.05) is 62.5 Å². The lowest BCUT2D eigenvalue weighted by Gasteiger charge is -1.89. The van der Waals surface area contributed by atoms with Crippen LogP contribution in [0.25, 0.3) is 0 Å². The van der Waals surface area contributed by atoms with E-state index in [4.69, 9.17) is 0 Å². The monoisotopic (exact) mass is 246 g/mol. The van der Waals surface area contributed by atoms with Crippen molar-refractivity contribution in [3.63, 3.8) is 0 Å². The van der Waals surface area contributed by atoms with Gasteiger partial charge in [-0.15, -0.1) is 0 Å². The van der Waals surface area contributed by atoms with E-state index in [0.29, 0.717) is 0 Å². The Kier molecular flexibility index (Phi) is 15.0. The molecule has 0 saturated carbocycles. The van der Waals surface area contributed by atoms with Crippen LogP contribution in [0.3, 0.4) is 0 Å². The molecule has 0 nitrogen and oxygen atoms in total. The highest BCUT2D eigenvalue weighted by molar-refractivity contribution is 4.91. The number of unbranched alkanes of at least 4 members (excludes halogenated alkanes) is 3. The van der Waals surface area contributed by atoms with Crippen molar-refractivity contribution in [1.29, 1.82) is 0 Å². The lowest BCUT2D eigenvalue weighted by Crippen LogP contribution is -1.69. The summed E-state index contributed by atoms with van der Waals surface area (Å²) < 4.78 is 0. The summed E-state index contributed by atoms with van der Waals surface area (Å²) in [6.07, 6.45) is 27.6. The summed E-state index contributed by atoms with van der Waals surface area (Å²) in [7, 11) is 0. The van der Waals surface area contributed by atoms with Gasteiger partial charge in [0.05, 0.1) is 0 Å². The van der Waals surface area contributed by atoms with E-state index in [2.05, 4.69) is 62.5 Å². The molecule has 0 N–H and O–H groups in total. The molecule has 0 radical (unpaired) electrons. The Labute approximate surface area is 114 Å². The lowest BCUT2D eigenvalue weighted by atomic mass is 10.2. The molecule has 18 heavy (non-hydrogen) atoms. The summed E-state index contributed by atoms with van der Waals surface area (Å²) in [6, 6.07) is 0. The third kappa shape index (κ3) is 15.0. The van der Waals surface area contributed by atoms with Crippen LogP contribution in [0.2, 0.25) is 0 Å². The van der Waals surface area contributed by atoms with Crippen LogP contribution in [0, 0.1) is 0 Å². The molecule has 0 aromatic rings. The van der Waals surface area contributed by atoms with Gasteiger partial charge in [-0.25, -0.2) is 0 Å². The minimum atomic E-state index is 1.15. The first-order valence-electron chi connectivity index (χ1n) is 7.51. The molecule has 102 valence electrons. The molecule has 0 aromatic heterocycles. The van der Waals surface area contributed by atoms with Gasteiger partial charge in [0.1, 0.15) is 0 Å². The summed E-state index contributed by atoms with van der Waals surface area (Å²) in [5, 5.41) is 0. The Morgan fingerprint density at radius 3 is 0.833 bits per heavy atom. The van der Waals surface area contributed by atoms with E-state index < -0.39 is 0 Å². The fourth-order valence-electron chi connectivity index (χ4n) is 1.62. The molecule has 0 aliphatic carbocycles. The maximum atomic E-state index is 2.31. The first-order chi connectivity index (χ1) is 8.91. The van der Waals surface area contributed by atoms with Gasteiger partial charge < -0.3 is 0 Å². The standard InChI is InChI=1S/C18H30/c1-3-5-7-9-11-13-15-17-18-16-14-12-10-8-6-4-2/h5-8,13-16H,3-4,9-12,17-18H2,1-2H3. The second-order valence-electron chi connectivity index (χ2n) is 4.43. The van der Waals surface area contributed by atoms with E-state index in [-0.39, 0.29) is 0 Å². The maximum Gasteiger partial charge on any atom is -0.0316 e. The molecule has 0 amide bonds. The predicted molar refractivity (Wildman–Crippen MR) is 84.8 cm³/mol. The molecule has 0 saturated heterocycles. The highest BCUT2D eigenvalue weighted by Gasteiger charge is 1.80. The summed E-state index contributed by atoms with van der Waals surface area (Å²) in [5.41, 5.74) is 0. The van der Waals surface area contributed by atoms with Crippen molar-refractivity contribution in [1.82, 2.24) is 0 Å². The number of hydrogen-bond acceptors (Lipinski definition) is 0. The van der Waals surface area contributed by atoms with Crippen molar-refractivity contribution in [3.8, 4) is 0 Å². The van der Waals surface area contributed by atoms with Gasteiger partial charge in [-0.05, 0) is 51.4 Å². The number of rotatable bonds is 11. The van der Waals surface area contributed by atoms with Crippen molar-refractivity contribution in [2.24, 2.45) is 0 Å². The summed E-state index contributed by atoms with van der Waals surface area (Å²) >= 11 is 0. The van der Waals surface area contributed by atoms with Gasteiger partial charge in [0.2, 0.25) is 0 Å². The molecule has 0 fully saturated rings. The van der Waals surface area contributed by atoms with Crippen molar-refractivity contribution >= 4 is 0 Å². The smallest absolute Gasteiger partial charge is 0.0316 e. The molecule has 0 heterocycles. The Balaban J connectivity index is 3.28. The molecule has 0 spiro atoms. The van der Waals surface area contributed by atoms with E-state index >= 15 is 0 Å². The van der Waals surface area contributed by atoms with Crippen LogP contribution >= 0.6 is 0 Å². The first kappa shape index (κ1) is 17.0. The predicted octanol–water partition coefficient (Wildman–Crippen LogP) is 6.37. The van der Waals surface area contributed by atoms with Crippen LogP contribution in [0.1, 0.15) is 65.2 Å². The van der Waals surface area contributed by atoms with Gasteiger partial charge in [-0.3, -0.25) is 0 Å². The molecule has 0 unspecified atom stereocenters. The average Bonchev–Trinajstić information content (AvgIpc) is 2.39. The minimum Gasteiger partial charge on any atom is -0.0888 e. The third-order valence-corrected chi connectivity index (χ3v) is 2.64. The molecule has 0 aromatic carbocycles. The highest BCUT2D eigenvalue weighted by Crippen LogP contribution is 2.00. The van der Waals surface area contributed by atoms with Crippen molar-refractivity contribution in [3.05, 3.63) is 48.6 Å². The Hall–Kier alpha value is -1.04. The topological polar surface area (TPSA) is 0 Å². The highest BCUT2D eigenvalue weighted by atomic mass is 13.9. The largest absolute Gasteiger partial charge is 0.0888 e. The van der Waals surface area contributed by atoms with Gasteiger partial charge in [0.15, 0.2) is 0 Å². The quantitative estimate of drug-likeness (QED) is 0.293. The number of allylic oxidation sites excluding steroid dienone is 8. The van der Waals surface area contributed by atoms with Gasteiger partial charge in [0.25, 0.3) is 0 Å². The third-order valence-electron chi connectivity index (χ3n) is 2.64. The fraction of sp³-hybridized carbons (Fsp3) is 0.556. The van der Waals surface area contributed by atoms with Crippen LogP contribution in [0.5, 0.6) is 0 Å². The lowest BCUT2D eigenvalue weighted by molar-refractivity contribution is 0.981. The molecule has 0 bridgehead atoms. The molecular formula is C18H30. The van der Waals surface area contributed by atoms with E-state index in [1.807, 2.05) is 0 Å². The van der Waals surface area contributed by atoms with E-state index in [1.165, 1.54) is 38.5 Å². The summed E-state index contributed by atoms with van der Waals surface area (Å²) in [4.78, 5) is 0. The van der Waals surface area contributed by atoms with Gasteiger partial charge in [-0.2, -0.15) is 0 Å². The molecule has 0 aliphatic rings. The molecule has 0 heteroatoms. The Morgan fingerprint density at radius 1 is 0.389 bits per heavy atom. The van der Waals surface area contributed by atoms with Gasteiger partial charge in [0, 0.05) is 0 Å². The Bertz CT molecular complexity index is 225. The molecular weight excluding hydrogens is 216 g/mol. The fourth-order valence-corrected chi connectivity index (χ4v) is 1.62. The minimum absolute atomic E-state index is 1.15. The van der Waals surface area contributed by atoms with Crippen LogP contribution in [-0.4, -0.2) is 0 Å². The van der Waals surface area contributed by atoms with Gasteiger partial charge >= 0.3 is 0 Å². The summed E-state index contributed by atoms with van der Waals surface area (Å²) in [6.45, 7) is 4.35. The van der Waals surface area contributed by atoms with Crippen LogP contribution in [0.4, 0.5) is 0 Å². The number of hydrogen-bond donors (Lipinski definition) is 0. The van der Waals surface area contributed by atoms with E-state index in [9.17, 15) is 0 Å². The van der Waals surface area contributed by atoms with Crippen LogP contribution < -0.4 is 0 Å². The van der Waals surface area contributed by atoms with Crippen LogP contribution in [-0.2, 0) is 0 Å². The SMILES string of the molecule is CCC=CCCC=CCCC=CCCC=CCC. The van der Waals surface area contributed by atoms with Crippen LogP contribution in [0.15, 0.2) is 48.6 Å². The van der Waals surface area contributed by atoms with Crippen molar-refractivity contribution in [2.75, 3.05) is 0 Å². The zero-order chi connectivity index (χ0) is 13.3. The molecule has 0 atom stereocenters. The second-order valence-corrected chi connectivity index (χ2v) is 4.43. The zero-order valence-corrected chi connectivity index (χ0v) is 12.3. The van der Waals surface area contributed by atoms with E-state index in [0.717, 1.165) is 12.8 Å². The normalized spacial score (nSPS) is 12.8. The summed E-state index contributed by atoms with van der Waals surface area (Å²) in [5.74, 6) is 0. The first-order valence-corrected chi connectivity index (χ1v) is 7.51. The molecule has 0 aliphatic heterocycles. The van der Waals surface area contributed by atoms with E-state index in [1.54, 1.807) is 0 Å². The zero-order valence-electron chi connectivity index (χ0n) is 12.3. The Morgan fingerprint density at radius 2 is 0.611 bits per heavy atom. The molecule has 0 rings (SSSR count).